The second-order valence-electron chi connectivity index (χ2n) is 5.79. The van der Waals surface area contributed by atoms with Gasteiger partial charge in [-0.3, -0.25) is 4.40 Å². The van der Waals surface area contributed by atoms with Crippen LogP contribution in [0.25, 0.3) is 5.65 Å². The summed E-state index contributed by atoms with van der Waals surface area (Å²) < 4.78 is 1.87. The first-order valence-electron chi connectivity index (χ1n) is 6.80. The van der Waals surface area contributed by atoms with Gasteiger partial charge >= 0.3 is 5.97 Å². The maximum atomic E-state index is 11.1. The predicted molar refractivity (Wildman–Crippen MR) is 68.1 cm³/mol. The minimum Gasteiger partial charge on any atom is -0.478 e. The van der Waals surface area contributed by atoms with E-state index in [1.165, 1.54) is 25.7 Å². The monoisotopic (exact) mass is 257 g/mol. The van der Waals surface area contributed by atoms with E-state index in [2.05, 4.69) is 10.2 Å². The molecule has 0 spiro atoms. The summed E-state index contributed by atoms with van der Waals surface area (Å²) in [4.78, 5) is 11.1. The maximum absolute atomic E-state index is 11.1. The topological polar surface area (TPSA) is 67.5 Å². The number of aromatic nitrogens is 3. The van der Waals surface area contributed by atoms with Crippen molar-refractivity contribution < 1.29 is 9.90 Å². The second kappa shape index (κ2) is 3.79. The first-order valence-corrected chi connectivity index (χ1v) is 6.80. The average molecular weight is 257 g/mol. The fourth-order valence-electron chi connectivity index (χ4n) is 3.85. The van der Waals surface area contributed by atoms with Crippen molar-refractivity contribution in [1.82, 2.24) is 14.6 Å². The Hall–Kier alpha value is -1.91. The van der Waals surface area contributed by atoms with Crippen LogP contribution in [0, 0.1) is 11.8 Å². The third-order valence-electron chi connectivity index (χ3n) is 4.75. The molecule has 2 bridgehead atoms. The second-order valence-corrected chi connectivity index (χ2v) is 5.79. The summed E-state index contributed by atoms with van der Waals surface area (Å²) in [6.07, 6.45) is 6.76. The van der Waals surface area contributed by atoms with Gasteiger partial charge in [0.15, 0.2) is 5.65 Å². The zero-order valence-corrected chi connectivity index (χ0v) is 10.5. The van der Waals surface area contributed by atoms with Gasteiger partial charge in [-0.05, 0) is 43.2 Å². The van der Waals surface area contributed by atoms with Crippen LogP contribution in [0.5, 0.6) is 0 Å². The fraction of sp³-hybridized carbons (Fsp3) is 0.500. The van der Waals surface area contributed by atoms with Gasteiger partial charge in [-0.2, -0.15) is 0 Å². The Morgan fingerprint density at radius 3 is 2.84 bits per heavy atom. The highest BCUT2D eigenvalue weighted by Crippen LogP contribution is 2.52. The van der Waals surface area contributed by atoms with Gasteiger partial charge in [0, 0.05) is 12.1 Å². The van der Waals surface area contributed by atoms with E-state index in [0.29, 0.717) is 11.8 Å². The van der Waals surface area contributed by atoms with Gasteiger partial charge in [0.25, 0.3) is 0 Å². The summed E-state index contributed by atoms with van der Waals surface area (Å²) in [5, 5.41) is 17.6. The van der Waals surface area contributed by atoms with Crippen LogP contribution in [-0.4, -0.2) is 25.7 Å². The van der Waals surface area contributed by atoms with Crippen molar-refractivity contribution >= 4 is 11.6 Å². The number of carbonyl (C=O) groups is 1. The van der Waals surface area contributed by atoms with Crippen LogP contribution in [0.1, 0.15) is 47.8 Å². The molecule has 3 atom stereocenters. The zero-order valence-electron chi connectivity index (χ0n) is 10.5. The lowest BCUT2D eigenvalue weighted by molar-refractivity contribution is 0.0696. The molecule has 0 saturated heterocycles. The van der Waals surface area contributed by atoms with Crippen LogP contribution in [0.2, 0.25) is 0 Å². The summed E-state index contributed by atoms with van der Waals surface area (Å²) in [5.74, 6) is 2.05. The number of fused-ring (bicyclic) bond motifs is 3. The number of hydrogen-bond acceptors (Lipinski definition) is 3. The van der Waals surface area contributed by atoms with E-state index < -0.39 is 5.97 Å². The Bertz CT molecular complexity index is 664. The molecule has 2 fully saturated rings. The smallest absolute Gasteiger partial charge is 0.337 e. The lowest BCUT2D eigenvalue weighted by Gasteiger charge is -2.19. The van der Waals surface area contributed by atoms with E-state index in [4.69, 9.17) is 5.11 Å². The minimum atomic E-state index is -0.908. The molecule has 3 unspecified atom stereocenters. The first kappa shape index (κ1) is 11.0. The number of carboxylic acid groups (broad SMARTS) is 1. The molecule has 19 heavy (non-hydrogen) atoms. The number of hydrogen-bond donors (Lipinski definition) is 1. The van der Waals surface area contributed by atoms with Gasteiger partial charge in [0.1, 0.15) is 5.82 Å². The number of carboxylic acids is 1. The standard InChI is InChI=1S/C14H15N3O2/c18-14(19)10-3-4-12-15-16-13(17(12)7-10)11-6-8-1-2-9(11)5-8/h3-4,7-9,11H,1-2,5-6H2,(H,18,19). The minimum absolute atomic E-state index is 0.289. The van der Waals surface area contributed by atoms with Crippen LogP contribution >= 0.6 is 0 Å². The number of pyridine rings is 1. The average Bonchev–Trinajstić information content (AvgIpc) is 3.11. The third-order valence-corrected chi connectivity index (χ3v) is 4.75. The van der Waals surface area contributed by atoms with E-state index in [0.717, 1.165) is 17.4 Å². The van der Waals surface area contributed by atoms with Crippen LogP contribution in [-0.2, 0) is 0 Å². The van der Waals surface area contributed by atoms with E-state index in [-0.39, 0.29) is 5.56 Å². The lowest BCUT2D eigenvalue weighted by Crippen LogP contribution is -2.12. The van der Waals surface area contributed by atoms with Crippen LogP contribution in [0.3, 0.4) is 0 Å². The molecule has 2 heterocycles. The highest BCUT2D eigenvalue weighted by molar-refractivity contribution is 5.87. The molecule has 2 aromatic rings. The first-order chi connectivity index (χ1) is 9.22. The molecule has 1 N–H and O–H groups in total. The normalized spacial score (nSPS) is 29.2. The Balaban J connectivity index is 1.81. The Morgan fingerprint density at radius 2 is 2.16 bits per heavy atom. The molecule has 2 aromatic heterocycles. The van der Waals surface area contributed by atoms with Crippen molar-refractivity contribution in [1.29, 1.82) is 0 Å². The number of rotatable bonds is 2. The summed E-state index contributed by atoms with van der Waals surface area (Å²) in [6, 6.07) is 3.31. The summed E-state index contributed by atoms with van der Waals surface area (Å²) in [7, 11) is 0. The van der Waals surface area contributed by atoms with Crippen molar-refractivity contribution in [2.45, 2.75) is 31.6 Å². The molecule has 4 rings (SSSR count). The lowest BCUT2D eigenvalue weighted by atomic mass is 9.88. The van der Waals surface area contributed by atoms with E-state index in [1.54, 1.807) is 18.3 Å². The van der Waals surface area contributed by atoms with Crippen molar-refractivity contribution in [2.24, 2.45) is 11.8 Å². The molecular formula is C14H15N3O2. The predicted octanol–water partition coefficient (Wildman–Crippen LogP) is 2.33. The van der Waals surface area contributed by atoms with Gasteiger partial charge in [-0.1, -0.05) is 6.42 Å². The van der Waals surface area contributed by atoms with Crippen LogP contribution in [0.15, 0.2) is 18.3 Å². The molecule has 2 aliphatic carbocycles. The highest BCUT2D eigenvalue weighted by Gasteiger charge is 2.42. The van der Waals surface area contributed by atoms with E-state index in [9.17, 15) is 4.79 Å². The maximum Gasteiger partial charge on any atom is 0.337 e. The zero-order chi connectivity index (χ0) is 13.0. The summed E-state index contributed by atoms with van der Waals surface area (Å²) >= 11 is 0. The molecule has 0 radical (unpaired) electrons. The largest absolute Gasteiger partial charge is 0.478 e. The highest BCUT2D eigenvalue weighted by atomic mass is 16.4. The molecular weight excluding hydrogens is 242 g/mol. The molecule has 98 valence electrons. The molecule has 0 amide bonds. The van der Waals surface area contributed by atoms with Gasteiger partial charge in [-0.15, -0.1) is 10.2 Å². The quantitative estimate of drug-likeness (QED) is 0.896. The molecule has 2 aliphatic rings. The Morgan fingerprint density at radius 1 is 1.26 bits per heavy atom. The van der Waals surface area contributed by atoms with Crippen molar-refractivity contribution in [2.75, 3.05) is 0 Å². The third kappa shape index (κ3) is 1.57. The van der Waals surface area contributed by atoms with Crippen molar-refractivity contribution in [3.8, 4) is 0 Å². The van der Waals surface area contributed by atoms with Gasteiger partial charge in [0.2, 0.25) is 0 Å². The molecule has 2 saturated carbocycles. The Kier molecular flexibility index (Phi) is 2.19. The van der Waals surface area contributed by atoms with Crippen LogP contribution in [0.4, 0.5) is 0 Å². The van der Waals surface area contributed by atoms with Gasteiger partial charge < -0.3 is 5.11 Å². The van der Waals surface area contributed by atoms with E-state index in [1.807, 2.05) is 4.40 Å². The fourth-order valence-corrected chi connectivity index (χ4v) is 3.85. The molecule has 0 aromatic carbocycles. The van der Waals surface area contributed by atoms with Crippen molar-refractivity contribution in [3.63, 3.8) is 0 Å². The Labute approximate surface area is 110 Å². The van der Waals surface area contributed by atoms with Gasteiger partial charge in [0.05, 0.1) is 5.56 Å². The summed E-state index contributed by atoms with van der Waals surface area (Å²) in [5.41, 5.74) is 1.03. The molecule has 0 aliphatic heterocycles. The van der Waals surface area contributed by atoms with Gasteiger partial charge in [-0.25, -0.2) is 4.79 Å². The van der Waals surface area contributed by atoms with Crippen LogP contribution < -0.4 is 0 Å². The number of aromatic carboxylic acids is 1. The van der Waals surface area contributed by atoms with Crippen molar-refractivity contribution in [3.05, 3.63) is 29.7 Å². The molecule has 5 heteroatoms. The SMILES string of the molecule is O=C(O)c1ccc2nnc(C3CC4CCC3C4)n2c1. The van der Waals surface area contributed by atoms with E-state index >= 15 is 0 Å². The summed E-state index contributed by atoms with van der Waals surface area (Å²) in [6.45, 7) is 0. The molecule has 5 nitrogen and oxygen atoms in total. The number of nitrogens with zero attached hydrogens (tertiary/aromatic N) is 3.